The lowest BCUT2D eigenvalue weighted by atomic mass is 9.46. The van der Waals surface area contributed by atoms with E-state index in [1.54, 1.807) is 0 Å². The van der Waals surface area contributed by atoms with E-state index in [1.807, 2.05) is 32.0 Å². The summed E-state index contributed by atoms with van der Waals surface area (Å²) in [7, 11) is 3.94. The number of hydrogen-bond acceptors (Lipinski definition) is 5. The molecule has 4 aliphatic carbocycles. The van der Waals surface area contributed by atoms with Gasteiger partial charge in [0.1, 0.15) is 0 Å². The van der Waals surface area contributed by atoms with Crippen LogP contribution >= 0.6 is 12.4 Å². The maximum absolute atomic E-state index is 12.0. The zero-order valence-electron chi connectivity index (χ0n) is 21.0. The number of allylic oxidation sites excluding steroid dienone is 1. The number of nitrogens with zero attached hydrogens (tertiary/aromatic N) is 2. The summed E-state index contributed by atoms with van der Waals surface area (Å²) >= 11 is 0. The molecule has 4 aliphatic rings. The van der Waals surface area contributed by atoms with Crippen LogP contribution < -0.4 is 5.32 Å². The quantitative estimate of drug-likeness (QED) is 0.333. The van der Waals surface area contributed by atoms with Gasteiger partial charge in [0, 0.05) is 25.4 Å². The molecule has 33 heavy (non-hydrogen) atoms. The number of nitrogens with one attached hydrogen (secondary N) is 1. The number of hydrogen-bond donors (Lipinski definition) is 1. The molecule has 0 heterocycles. The van der Waals surface area contributed by atoms with Gasteiger partial charge in [0.05, 0.1) is 5.71 Å². The Morgan fingerprint density at radius 3 is 2.64 bits per heavy atom. The Hall–Kier alpha value is -1.40. The van der Waals surface area contributed by atoms with E-state index in [-0.39, 0.29) is 23.2 Å². The molecule has 0 spiro atoms. The molecule has 6 atom stereocenters. The van der Waals surface area contributed by atoms with E-state index >= 15 is 0 Å². The van der Waals surface area contributed by atoms with E-state index in [0.29, 0.717) is 36.5 Å². The zero-order chi connectivity index (χ0) is 23.1. The molecule has 0 aromatic carbocycles. The van der Waals surface area contributed by atoms with Crippen molar-refractivity contribution < 1.29 is 14.4 Å². The van der Waals surface area contributed by atoms with Crippen LogP contribution in [-0.4, -0.2) is 49.7 Å². The number of likely N-dealkylation sites (N-methyl/N-ethyl adjacent to an activating group) is 1. The molecule has 4 rings (SSSR count). The third-order valence-electron chi connectivity index (χ3n) is 9.57. The summed E-state index contributed by atoms with van der Waals surface area (Å²) in [4.78, 5) is 31.3. The Labute approximate surface area is 205 Å². The minimum absolute atomic E-state index is 0. The van der Waals surface area contributed by atoms with Crippen molar-refractivity contribution in [3.8, 4) is 0 Å². The third-order valence-corrected chi connectivity index (χ3v) is 9.57. The lowest BCUT2D eigenvalue weighted by molar-refractivity contribution is -0.117. The van der Waals surface area contributed by atoms with Gasteiger partial charge in [0.15, 0.2) is 5.78 Å². The molecule has 0 saturated heterocycles. The number of rotatable bonds is 5. The number of ketones is 1. The predicted octanol–water partition coefficient (Wildman–Crippen LogP) is 5.22. The van der Waals surface area contributed by atoms with Crippen molar-refractivity contribution in [2.75, 3.05) is 27.2 Å². The van der Waals surface area contributed by atoms with Gasteiger partial charge in [-0.15, -0.1) is 12.4 Å². The van der Waals surface area contributed by atoms with Crippen molar-refractivity contribution in [3.05, 3.63) is 11.6 Å². The maximum atomic E-state index is 12.0. The first-order valence-corrected chi connectivity index (χ1v) is 12.5. The highest BCUT2D eigenvalue weighted by Crippen LogP contribution is 2.66. The molecule has 186 valence electrons. The predicted molar refractivity (Wildman–Crippen MR) is 134 cm³/mol. The number of oxime groups is 1. The maximum Gasteiger partial charge on any atom is 0.433 e. The van der Waals surface area contributed by atoms with Crippen molar-refractivity contribution in [1.82, 2.24) is 10.2 Å². The van der Waals surface area contributed by atoms with Gasteiger partial charge in [-0.1, -0.05) is 24.6 Å². The molecule has 0 radical (unpaired) electrons. The first-order valence-electron chi connectivity index (χ1n) is 12.5. The molecule has 0 aromatic heterocycles. The van der Waals surface area contributed by atoms with Crippen LogP contribution in [0.1, 0.15) is 72.1 Å². The van der Waals surface area contributed by atoms with Gasteiger partial charge < -0.3 is 10.2 Å². The SMILES string of the molecule is C/C(=N\OC(=O)NCCN(C)C)[C@H]1CC[C@H]2[C@@H]3CCC4=CC(=O)CC[C@]4(C)[C@H]3CC[C@]12C.Cl. The van der Waals surface area contributed by atoms with Crippen LogP contribution in [0.3, 0.4) is 0 Å². The molecule has 3 saturated carbocycles. The largest absolute Gasteiger partial charge is 0.433 e. The van der Waals surface area contributed by atoms with E-state index in [9.17, 15) is 9.59 Å². The summed E-state index contributed by atoms with van der Waals surface area (Å²) in [5.41, 5.74) is 2.83. The topological polar surface area (TPSA) is 71.0 Å². The smallest absolute Gasteiger partial charge is 0.318 e. The lowest BCUT2D eigenvalue weighted by Gasteiger charge is -2.58. The Bertz CT molecular complexity index is 826. The van der Waals surface area contributed by atoms with Crippen molar-refractivity contribution in [2.24, 2.45) is 39.7 Å². The third kappa shape index (κ3) is 4.88. The number of carbonyl (C=O) groups is 2. The summed E-state index contributed by atoms with van der Waals surface area (Å²) in [5.74, 6) is 2.83. The minimum Gasteiger partial charge on any atom is -0.318 e. The van der Waals surface area contributed by atoms with Crippen molar-refractivity contribution in [1.29, 1.82) is 0 Å². The molecule has 0 aromatic rings. The van der Waals surface area contributed by atoms with Crippen molar-refractivity contribution in [2.45, 2.75) is 72.1 Å². The molecular formula is C26H42ClN3O3. The second kappa shape index (κ2) is 10.1. The van der Waals surface area contributed by atoms with Gasteiger partial charge in [0.2, 0.25) is 0 Å². The molecule has 1 amide bonds. The molecule has 0 aliphatic heterocycles. The summed E-state index contributed by atoms with van der Waals surface area (Å²) in [6.07, 6.45) is 10.4. The van der Waals surface area contributed by atoms with E-state index in [4.69, 9.17) is 4.84 Å². The fourth-order valence-corrected chi connectivity index (χ4v) is 7.84. The Kier molecular flexibility index (Phi) is 8.00. The standard InChI is InChI=1S/C26H41N3O3.ClH/c1-17(28-32-24(31)27-14-15-29(4)5)21-8-9-22-20-7-6-18-16-19(30)10-12-25(18,2)23(20)11-13-26(21,22)3;/h16,20-23H,6-15H2,1-5H3,(H,27,31);1H/b28-17+;/t20-,21+,22-,23-,25-,26+;/m0./s1. The molecule has 7 heteroatoms. The van der Waals surface area contributed by atoms with Crippen LogP contribution in [0.15, 0.2) is 16.8 Å². The Morgan fingerprint density at radius 1 is 1.15 bits per heavy atom. The fourth-order valence-electron chi connectivity index (χ4n) is 7.84. The summed E-state index contributed by atoms with van der Waals surface area (Å²) in [5, 5.41) is 7.03. The van der Waals surface area contributed by atoms with Gasteiger partial charge in [-0.2, -0.15) is 0 Å². The highest BCUT2D eigenvalue weighted by atomic mass is 35.5. The number of amides is 1. The van der Waals surface area contributed by atoms with Gasteiger partial charge in [-0.3, -0.25) is 9.63 Å². The van der Waals surface area contributed by atoms with Crippen LogP contribution in [0.2, 0.25) is 0 Å². The highest BCUT2D eigenvalue weighted by molar-refractivity contribution is 5.91. The zero-order valence-corrected chi connectivity index (χ0v) is 21.8. The van der Waals surface area contributed by atoms with E-state index in [2.05, 4.69) is 24.3 Å². The number of carbonyl (C=O) groups excluding carboxylic acids is 2. The first-order chi connectivity index (χ1) is 15.1. The van der Waals surface area contributed by atoms with Gasteiger partial charge >= 0.3 is 6.09 Å². The van der Waals surface area contributed by atoms with Gasteiger partial charge in [0.25, 0.3) is 0 Å². The minimum atomic E-state index is -0.471. The van der Waals surface area contributed by atoms with Crippen LogP contribution in [0.5, 0.6) is 0 Å². The Balaban J connectivity index is 0.00000306. The van der Waals surface area contributed by atoms with E-state index in [1.165, 1.54) is 31.3 Å². The molecule has 1 N–H and O–H groups in total. The average Bonchev–Trinajstić information content (AvgIpc) is 3.09. The van der Waals surface area contributed by atoms with Gasteiger partial charge in [-0.05, 0) is 101 Å². The van der Waals surface area contributed by atoms with Crippen LogP contribution in [0.25, 0.3) is 0 Å². The average molecular weight is 480 g/mol. The normalized spacial score (nSPS) is 37.9. The van der Waals surface area contributed by atoms with E-state index < -0.39 is 6.09 Å². The van der Waals surface area contributed by atoms with Crippen LogP contribution in [0.4, 0.5) is 4.79 Å². The molecular weight excluding hydrogens is 438 g/mol. The van der Waals surface area contributed by atoms with E-state index in [0.717, 1.165) is 37.4 Å². The monoisotopic (exact) mass is 479 g/mol. The van der Waals surface area contributed by atoms with Crippen molar-refractivity contribution in [3.63, 3.8) is 0 Å². The van der Waals surface area contributed by atoms with Crippen LogP contribution in [-0.2, 0) is 9.63 Å². The second-order valence-corrected chi connectivity index (χ2v) is 11.5. The molecule has 6 nitrogen and oxygen atoms in total. The molecule has 3 fully saturated rings. The second-order valence-electron chi connectivity index (χ2n) is 11.5. The molecule has 0 unspecified atom stereocenters. The van der Waals surface area contributed by atoms with Crippen LogP contribution in [0, 0.1) is 34.5 Å². The molecule has 0 bridgehead atoms. The van der Waals surface area contributed by atoms with Gasteiger partial charge in [-0.25, -0.2) is 4.79 Å². The number of fused-ring (bicyclic) bond motifs is 5. The fraction of sp³-hybridized carbons (Fsp3) is 0.808. The summed E-state index contributed by atoms with van der Waals surface area (Å²) in [6, 6.07) is 0. The lowest BCUT2D eigenvalue weighted by Crippen LogP contribution is -2.51. The van der Waals surface area contributed by atoms with Crippen molar-refractivity contribution >= 4 is 30.0 Å². The highest BCUT2D eigenvalue weighted by Gasteiger charge is 2.59. The first kappa shape index (κ1) is 26.2. The number of halogens is 1. The Morgan fingerprint density at radius 2 is 1.91 bits per heavy atom. The summed E-state index contributed by atoms with van der Waals surface area (Å²) < 4.78 is 0. The summed E-state index contributed by atoms with van der Waals surface area (Å²) in [6.45, 7) is 8.25.